The molecule has 1 fully saturated rings. The zero-order chi connectivity index (χ0) is 32.2. The van der Waals surface area contributed by atoms with Crippen molar-refractivity contribution in [3.05, 3.63) is 76.9 Å². The SMILES string of the molecule is CC(=O)OC[C@H]1O[C@@H](n2cc(Cc3ccc(-c4ccccn4)s3)c3c(C)cccc32)[C@H](OC(C)=O)[C@@H](OC(C)=O)[C@@H]1OC(C)=O. The zero-order valence-electron chi connectivity index (χ0n) is 25.6. The average molecular weight is 635 g/mol. The highest BCUT2D eigenvalue weighted by molar-refractivity contribution is 7.15. The highest BCUT2D eigenvalue weighted by Gasteiger charge is 2.53. The molecule has 0 amide bonds. The van der Waals surface area contributed by atoms with Gasteiger partial charge in [-0.15, -0.1) is 11.3 Å². The van der Waals surface area contributed by atoms with Gasteiger partial charge in [-0.05, 0) is 48.4 Å². The molecule has 0 N–H and O–H groups in total. The topological polar surface area (TPSA) is 132 Å². The number of thiophene rings is 1. The van der Waals surface area contributed by atoms with Gasteiger partial charge in [-0.2, -0.15) is 0 Å². The van der Waals surface area contributed by atoms with E-state index in [1.54, 1.807) is 17.5 Å². The number of carbonyl (C=O) groups excluding carboxylic acids is 4. The van der Waals surface area contributed by atoms with Crippen LogP contribution in [-0.2, 0) is 49.3 Å². The number of benzene rings is 1. The van der Waals surface area contributed by atoms with E-state index in [1.165, 1.54) is 27.7 Å². The second kappa shape index (κ2) is 13.6. The van der Waals surface area contributed by atoms with Crippen molar-refractivity contribution in [2.45, 2.75) is 71.7 Å². The van der Waals surface area contributed by atoms with Crippen molar-refractivity contribution in [2.24, 2.45) is 0 Å². The smallest absolute Gasteiger partial charge is 0.303 e. The van der Waals surface area contributed by atoms with Crippen molar-refractivity contribution >= 4 is 46.1 Å². The second-order valence-electron chi connectivity index (χ2n) is 10.8. The fraction of sp³-hybridized carbons (Fsp3) is 0.364. The van der Waals surface area contributed by atoms with Gasteiger partial charge in [0.15, 0.2) is 24.5 Å². The minimum absolute atomic E-state index is 0.301. The number of hydrogen-bond donors (Lipinski definition) is 0. The molecular weight excluding hydrogens is 600 g/mol. The minimum Gasteiger partial charge on any atom is -0.463 e. The third-order valence-corrected chi connectivity index (χ3v) is 8.44. The van der Waals surface area contributed by atoms with Crippen molar-refractivity contribution in [1.29, 1.82) is 0 Å². The predicted octanol–water partition coefficient (Wildman–Crippen LogP) is 4.92. The van der Waals surface area contributed by atoms with Crippen molar-refractivity contribution in [2.75, 3.05) is 6.61 Å². The number of ether oxygens (including phenoxy) is 5. The summed E-state index contributed by atoms with van der Waals surface area (Å²) in [6.45, 7) is 6.58. The lowest BCUT2D eigenvalue weighted by molar-refractivity contribution is -0.267. The van der Waals surface area contributed by atoms with Crippen molar-refractivity contribution in [3.63, 3.8) is 0 Å². The van der Waals surface area contributed by atoms with E-state index in [2.05, 4.69) is 11.1 Å². The number of pyridine rings is 1. The lowest BCUT2D eigenvalue weighted by Gasteiger charge is -2.44. The highest BCUT2D eigenvalue weighted by atomic mass is 32.1. The Morgan fingerprint density at radius 2 is 1.56 bits per heavy atom. The first kappa shape index (κ1) is 31.9. The largest absolute Gasteiger partial charge is 0.463 e. The molecule has 5 atom stereocenters. The molecule has 3 aromatic heterocycles. The molecule has 1 saturated heterocycles. The molecule has 45 heavy (non-hydrogen) atoms. The van der Waals surface area contributed by atoms with Crippen LogP contribution in [0.4, 0.5) is 0 Å². The monoisotopic (exact) mass is 634 g/mol. The Bertz CT molecular complexity index is 1710. The molecule has 0 bridgehead atoms. The van der Waals surface area contributed by atoms with Crippen LogP contribution in [0, 0.1) is 6.92 Å². The summed E-state index contributed by atoms with van der Waals surface area (Å²) in [4.78, 5) is 55.3. The molecule has 0 aliphatic carbocycles. The Hall–Kier alpha value is -4.55. The Morgan fingerprint density at radius 1 is 0.844 bits per heavy atom. The number of nitrogens with zero attached hydrogens (tertiary/aromatic N) is 2. The van der Waals surface area contributed by atoms with Crippen LogP contribution in [0.5, 0.6) is 0 Å². The van der Waals surface area contributed by atoms with Gasteiger partial charge in [0.05, 0.1) is 16.1 Å². The normalized spacial score (nSPS) is 21.2. The number of esters is 4. The van der Waals surface area contributed by atoms with E-state index < -0.39 is 54.5 Å². The van der Waals surface area contributed by atoms with Crippen LogP contribution in [0.3, 0.4) is 0 Å². The number of fused-ring (bicyclic) bond motifs is 1. The van der Waals surface area contributed by atoms with Crippen LogP contribution < -0.4 is 0 Å². The third kappa shape index (κ3) is 7.23. The summed E-state index contributed by atoms with van der Waals surface area (Å²) < 4.78 is 30.5. The highest BCUT2D eigenvalue weighted by Crippen LogP contribution is 2.39. The summed E-state index contributed by atoms with van der Waals surface area (Å²) in [5.74, 6) is -2.59. The summed E-state index contributed by atoms with van der Waals surface area (Å²) in [6, 6.07) is 15.8. The third-order valence-electron chi connectivity index (χ3n) is 7.33. The molecule has 4 aromatic rings. The maximum absolute atomic E-state index is 12.4. The maximum atomic E-state index is 12.4. The van der Waals surface area contributed by atoms with Gasteiger partial charge < -0.3 is 28.3 Å². The van der Waals surface area contributed by atoms with Gasteiger partial charge in [0.1, 0.15) is 12.7 Å². The Balaban J connectivity index is 1.60. The number of rotatable bonds is 9. The lowest BCUT2D eigenvalue weighted by atomic mass is 9.97. The Kier molecular flexibility index (Phi) is 9.64. The van der Waals surface area contributed by atoms with Gasteiger partial charge in [0, 0.05) is 56.8 Å². The van der Waals surface area contributed by atoms with E-state index in [0.29, 0.717) is 6.42 Å². The molecule has 11 nitrogen and oxygen atoms in total. The van der Waals surface area contributed by atoms with E-state index in [0.717, 1.165) is 37.5 Å². The van der Waals surface area contributed by atoms with Gasteiger partial charge in [0.25, 0.3) is 0 Å². The zero-order valence-corrected chi connectivity index (χ0v) is 26.4. The van der Waals surface area contributed by atoms with Gasteiger partial charge >= 0.3 is 23.9 Å². The molecule has 12 heteroatoms. The van der Waals surface area contributed by atoms with E-state index >= 15 is 0 Å². The molecule has 0 spiro atoms. The number of hydrogen-bond acceptors (Lipinski definition) is 11. The summed E-state index contributed by atoms with van der Waals surface area (Å²) >= 11 is 1.65. The van der Waals surface area contributed by atoms with Gasteiger partial charge in [0.2, 0.25) is 0 Å². The molecular formula is C33H34N2O9S. The number of aromatic nitrogens is 2. The number of aryl methyl sites for hydroxylation is 1. The maximum Gasteiger partial charge on any atom is 0.303 e. The molecule has 1 aromatic carbocycles. The van der Waals surface area contributed by atoms with Gasteiger partial charge in [-0.3, -0.25) is 24.2 Å². The molecule has 0 saturated carbocycles. The molecule has 5 rings (SSSR count). The van der Waals surface area contributed by atoms with Crippen LogP contribution in [0.1, 0.15) is 49.9 Å². The standard InChI is InChI=1S/C33H34N2O9S/c1-18-9-8-11-26-29(18)23(15-24-12-13-28(45-24)25-10-6-7-14-34-25)16-35(26)33-32(43-22(5)39)31(42-21(4)38)30(41-20(3)37)27(44-33)17-40-19(2)36/h6-14,16,27,30-33H,15,17H2,1-5H3/t27-,30-,31+,32-,33-/m1/s1. The predicted molar refractivity (Wildman–Crippen MR) is 164 cm³/mol. The Morgan fingerprint density at radius 3 is 2.22 bits per heavy atom. The van der Waals surface area contributed by atoms with Crippen LogP contribution in [0.2, 0.25) is 0 Å². The van der Waals surface area contributed by atoms with Crippen LogP contribution in [0.15, 0.2) is 60.9 Å². The van der Waals surface area contributed by atoms with Crippen LogP contribution in [0.25, 0.3) is 21.5 Å². The first-order chi connectivity index (χ1) is 21.5. The van der Waals surface area contributed by atoms with Gasteiger partial charge in [-0.1, -0.05) is 18.2 Å². The van der Waals surface area contributed by atoms with Crippen LogP contribution in [-0.4, -0.2) is 64.5 Å². The van der Waals surface area contributed by atoms with Crippen molar-refractivity contribution < 1.29 is 42.9 Å². The Labute approximate surface area is 264 Å². The first-order valence-corrected chi connectivity index (χ1v) is 15.2. The fourth-order valence-electron chi connectivity index (χ4n) is 5.67. The summed E-state index contributed by atoms with van der Waals surface area (Å²) in [5.41, 5.74) is 3.69. The first-order valence-electron chi connectivity index (χ1n) is 14.4. The summed E-state index contributed by atoms with van der Waals surface area (Å²) in [6.07, 6.45) is -1.52. The van der Waals surface area contributed by atoms with E-state index in [1.807, 2.05) is 60.2 Å². The van der Waals surface area contributed by atoms with E-state index in [4.69, 9.17) is 23.7 Å². The molecule has 1 aliphatic rings. The second-order valence-corrected chi connectivity index (χ2v) is 11.9. The molecule has 4 heterocycles. The van der Waals surface area contributed by atoms with Crippen molar-refractivity contribution in [1.82, 2.24) is 9.55 Å². The average Bonchev–Trinajstić information content (AvgIpc) is 3.60. The lowest BCUT2D eigenvalue weighted by Crippen LogP contribution is -2.60. The molecule has 1 aliphatic heterocycles. The quantitative estimate of drug-likeness (QED) is 0.185. The summed E-state index contributed by atoms with van der Waals surface area (Å²) in [5, 5.41) is 0.984. The molecule has 0 unspecified atom stereocenters. The molecule has 236 valence electrons. The minimum atomic E-state index is -1.27. The van der Waals surface area contributed by atoms with Gasteiger partial charge in [-0.25, -0.2) is 0 Å². The number of carbonyl (C=O) groups is 4. The van der Waals surface area contributed by atoms with Crippen LogP contribution >= 0.6 is 11.3 Å². The fourth-order valence-corrected chi connectivity index (χ4v) is 6.68. The van der Waals surface area contributed by atoms with Crippen molar-refractivity contribution in [3.8, 4) is 10.6 Å². The summed E-state index contributed by atoms with van der Waals surface area (Å²) in [7, 11) is 0. The van der Waals surface area contributed by atoms with E-state index in [-0.39, 0.29) is 6.61 Å². The molecule has 0 radical (unpaired) electrons. The van der Waals surface area contributed by atoms with E-state index in [9.17, 15) is 19.2 Å².